The summed E-state index contributed by atoms with van der Waals surface area (Å²) in [4.78, 5) is 11.6. The van der Waals surface area contributed by atoms with E-state index in [1.165, 1.54) is 28.6 Å². The predicted octanol–water partition coefficient (Wildman–Crippen LogP) is 1.50. The van der Waals surface area contributed by atoms with E-state index in [1.807, 2.05) is 13.8 Å². The Labute approximate surface area is 125 Å². The van der Waals surface area contributed by atoms with Crippen LogP contribution in [0, 0.1) is 5.82 Å². The highest BCUT2D eigenvalue weighted by molar-refractivity contribution is 7.88. The van der Waals surface area contributed by atoms with Crippen molar-refractivity contribution in [3.05, 3.63) is 35.6 Å². The fourth-order valence-electron chi connectivity index (χ4n) is 1.78. The monoisotopic (exact) mass is 316 g/mol. The molecule has 118 valence electrons. The average Bonchev–Trinajstić information content (AvgIpc) is 2.34. The Hall–Kier alpha value is -1.47. The quantitative estimate of drug-likeness (QED) is 0.829. The van der Waals surface area contributed by atoms with Crippen LogP contribution < -0.4 is 5.32 Å². The smallest absolute Gasteiger partial charge is 0.221 e. The summed E-state index contributed by atoms with van der Waals surface area (Å²) in [6, 6.07) is 5.63. The number of amides is 1. The van der Waals surface area contributed by atoms with Gasteiger partial charge in [0.05, 0.1) is 6.26 Å². The number of hydrogen-bond acceptors (Lipinski definition) is 3. The number of sulfonamides is 1. The van der Waals surface area contributed by atoms with E-state index in [9.17, 15) is 17.6 Å². The van der Waals surface area contributed by atoms with Gasteiger partial charge >= 0.3 is 0 Å². The molecule has 1 rings (SSSR count). The normalized spacial score (nSPS) is 11.9. The van der Waals surface area contributed by atoms with Gasteiger partial charge in [-0.1, -0.05) is 12.1 Å². The summed E-state index contributed by atoms with van der Waals surface area (Å²) in [5.41, 5.74) is 0.672. The second-order valence-electron chi connectivity index (χ2n) is 5.20. The van der Waals surface area contributed by atoms with Crippen molar-refractivity contribution >= 4 is 15.9 Å². The molecule has 0 spiro atoms. The maximum absolute atomic E-state index is 12.8. The third-order valence-corrected chi connectivity index (χ3v) is 4.03. The van der Waals surface area contributed by atoms with Crippen molar-refractivity contribution in [2.75, 3.05) is 12.8 Å². The summed E-state index contributed by atoms with van der Waals surface area (Å²) < 4.78 is 37.6. The fourth-order valence-corrected chi connectivity index (χ4v) is 2.58. The molecule has 0 aliphatic carbocycles. The molecule has 0 bridgehead atoms. The van der Waals surface area contributed by atoms with E-state index in [-0.39, 0.29) is 37.3 Å². The number of carbonyl (C=O) groups is 1. The van der Waals surface area contributed by atoms with Crippen molar-refractivity contribution in [2.45, 2.75) is 32.9 Å². The lowest BCUT2D eigenvalue weighted by Gasteiger charge is -2.20. The van der Waals surface area contributed by atoms with Gasteiger partial charge in [-0.25, -0.2) is 12.8 Å². The minimum Gasteiger partial charge on any atom is -0.354 e. The first-order chi connectivity index (χ1) is 9.68. The standard InChI is InChI=1S/C14H21FN2O3S/c1-11(2)16-14(18)8-9-17(21(3,19)20)10-12-4-6-13(15)7-5-12/h4-7,11H,8-10H2,1-3H3,(H,16,18). The zero-order chi connectivity index (χ0) is 16.0. The van der Waals surface area contributed by atoms with Crippen LogP contribution in [0.3, 0.4) is 0 Å². The summed E-state index contributed by atoms with van der Waals surface area (Å²) in [5.74, 6) is -0.571. The first kappa shape index (κ1) is 17.6. The zero-order valence-electron chi connectivity index (χ0n) is 12.5. The maximum atomic E-state index is 12.8. The minimum atomic E-state index is -3.44. The molecule has 0 unspecified atom stereocenters. The molecule has 1 aromatic carbocycles. The molecule has 0 aliphatic heterocycles. The first-order valence-electron chi connectivity index (χ1n) is 6.67. The van der Waals surface area contributed by atoms with Crippen LogP contribution in [0.2, 0.25) is 0 Å². The zero-order valence-corrected chi connectivity index (χ0v) is 13.3. The van der Waals surface area contributed by atoms with E-state index < -0.39 is 10.0 Å². The third kappa shape index (κ3) is 6.68. The molecule has 5 nitrogen and oxygen atoms in total. The number of nitrogens with zero attached hydrogens (tertiary/aromatic N) is 1. The van der Waals surface area contributed by atoms with E-state index in [1.54, 1.807) is 0 Å². The summed E-state index contributed by atoms with van der Waals surface area (Å²) >= 11 is 0. The molecular formula is C14H21FN2O3S. The van der Waals surface area contributed by atoms with Gasteiger partial charge in [0.2, 0.25) is 15.9 Å². The summed E-state index contributed by atoms with van der Waals surface area (Å²) in [5, 5.41) is 2.71. The van der Waals surface area contributed by atoms with E-state index in [0.717, 1.165) is 6.26 Å². The molecule has 0 atom stereocenters. The number of carbonyl (C=O) groups excluding carboxylic acids is 1. The molecule has 21 heavy (non-hydrogen) atoms. The molecule has 0 saturated carbocycles. The van der Waals surface area contributed by atoms with Crippen LogP contribution in [0.4, 0.5) is 4.39 Å². The largest absolute Gasteiger partial charge is 0.354 e. The fraction of sp³-hybridized carbons (Fsp3) is 0.500. The predicted molar refractivity (Wildman–Crippen MR) is 79.5 cm³/mol. The van der Waals surface area contributed by atoms with Crippen LogP contribution in [0.1, 0.15) is 25.8 Å². The minimum absolute atomic E-state index is 0.0151. The lowest BCUT2D eigenvalue weighted by atomic mass is 10.2. The first-order valence-corrected chi connectivity index (χ1v) is 8.52. The van der Waals surface area contributed by atoms with Crippen molar-refractivity contribution < 1.29 is 17.6 Å². The average molecular weight is 316 g/mol. The summed E-state index contributed by atoms with van der Waals surface area (Å²) in [6.07, 6.45) is 1.18. The second-order valence-corrected chi connectivity index (χ2v) is 7.18. The van der Waals surface area contributed by atoms with Gasteiger partial charge in [-0.15, -0.1) is 0 Å². The van der Waals surface area contributed by atoms with E-state index in [2.05, 4.69) is 5.32 Å². The molecule has 0 aromatic heterocycles. The van der Waals surface area contributed by atoms with E-state index >= 15 is 0 Å². The van der Waals surface area contributed by atoms with Gasteiger partial charge in [0.15, 0.2) is 0 Å². The van der Waals surface area contributed by atoms with Crippen LogP contribution in [0.15, 0.2) is 24.3 Å². The highest BCUT2D eigenvalue weighted by Crippen LogP contribution is 2.10. The van der Waals surface area contributed by atoms with Gasteiger partial charge in [-0.05, 0) is 31.5 Å². The Morgan fingerprint density at radius 1 is 1.29 bits per heavy atom. The maximum Gasteiger partial charge on any atom is 0.221 e. The second kappa shape index (κ2) is 7.51. The van der Waals surface area contributed by atoms with Crippen LogP contribution >= 0.6 is 0 Å². The molecule has 1 amide bonds. The molecule has 1 N–H and O–H groups in total. The molecule has 7 heteroatoms. The van der Waals surface area contributed by atoms with E-state index in [4.69, 9.17) is 0 Å². The Morgan fingerprint density at radius 2 is 1.86 bits per heavy atom. The van der Waals surface area contributed by atoms with Gasteiger partial charge in [-0.3, -0.25) is 4.79 Å². The number of benzene rings is 1. The van der Waals surface area contributed by atoms with Gasteiger partial charge in [0, 0.05) is 25.6 Å². The van der Waals surface area contributed by atoms with Crippen LogP contribution in [0.25, 0.3) is 0 Å². The molecular weight excluding hydrogens is 295 g/mol. The number of nitrogens with one attached hydrogen (secondary N) is 1. The van der Waals surface area contributed by atoms with Crippen molar-refractivity contribution in [1.29, 1.82) is 0 Å². The van der Waals surface area contributed by atoms with Gasteiger partial charge < -0.3 is 5.32 Å². The van der Waals surface area contributed by atoms with Gasteiger partial charge in [-0.2, -0.15) is 4.31 Å². The Balaban J connectivity index is 2.69. The highest BCUT2D eigenvalue weighted by Gasteiger charge is 2.18. The molecule has 0 heterocycles. The molecule has 0 radical (unpaired) electrons. The SMILES string of the molecule is CC(C)NC(=O)CCN(Cc1ccc(F)cc1)S(C)(=O)=O. The van der Waals surface area contributed by atoms with Crippen LogP contribution in [-0.4, -0.2) is 37.5 Å². The number of rotatable bonds is 7. The Bertz CT molecular complexity index is 570. The lowest BCUT2D eigenvalue weighted by molar-refractivity contribution is -0.121. The van der Waals surface area contributed by atoms with Crippen LogP contribution in [-0.2, 0) is 21.4 Å². The highest BCUT2D eigenvalue weighted by atomic mass is 32.2. The molecule has 0 saturated heterocycles. The molecule has 0 fully saturated rings. The Kier molecular flexibility index (Phi) is 6.29. The van der Waals surface area contributed by atoms with Crippen molar-refractivity contribution in [2.24, 2.45) is 0 Å². The Morgan fingerprint density at radius 3 is 2.33 bits per heavy atom. The number of halogens is 1. The van der Waals surface area contributed by atoms with Crippen molar-refractivity contribution in [1.82, 2.24) is 9.62 Å². The molecule has 0 aliphatic rings. The van der Waals surface area contributed by atoms with Crippen molar-refractivity contribution in [3.8, 4) is 0 Å². The lowest BCUT2D eigenvalue weighted by Crippen LogP contribution is -2.36. The topological polar surface area (TPSA) is 66.5 Å². The molecule has 1 aromatic rings. The number of hydrogen-bond donors (Lipinski definition) is 1. The van der Waals surface area contributed by atoms with Gasteiger partial charge in [0.1, 0.15) is 5.82 Å². The van der Waals surface area contributed by atoms with Crippen LogP contribution in [0.5, 0.6) is 0 Å². The van der Waals surface area contributed by atoms with E-state index in [0.29, 0.717) is 5.56 Å². The third-order valence-electron chi connectivity index (χ3n) is 2.78. The summed E-state index contributed by atoms with van der Waals surface area (Å²) in [6.45, 7) is 3.89. The van der Waals surface area contributed by atoms with Gasteiger partial charge in [0.25, 0.3) is 0 Å². The van der Waals surface area contributed by atoms with Crippen molar-refractivity contribution in [3.63, 3.8) is 0 Å². The summed E-state index contributed by atoms with van der Waals surface area (Å²) in [7, 11) is -3.44.